The van der Waals surface area contributed by atoms with Crippen molar-refractivity contribution in [2.75, 3.05) is 6.54 Å². The molecular weight excluding hydrogens is 480 g/mol. The van der Waals surface area contributed by atoms with Crippen LogP contribution in [0.4, 0.5) is 10.5 Å². The minimum atomic E-state index is -1.94. The minimum Gasteiger partial charge on any atom is -0.481 e. The Labute approximate surface area is 203 Å². The SMILES string of the molecule is NC(N)=Nc1ccc(C(=O)Oc2ccc(COC(=O)N(CC(=O)O)[C@@H](CC(=O)O)C(=O)O)cc2)cc1. The predicted octanol–water partition coefficient (Wildman–Crippen LogP) is 0.762. The highest BCUT2D eigenvalue weighted by molar-refractivity contribution is 5.91. The highest BCUT2D eigenvalue weighted by Crippen LogP contribution is 2.18. The van der Waals surface area contributed by atoms with Gasteiger partial charge in [-0.05, 0) is 42.0 Å². The second kappa shape index (κ2) is 12.4. The Hall–Kier alpha value is -5.14. The van der Waals surface area contributed by atoms with Crippen molar-refractivity contribution < 1.29 is 48.8 Å². The van der Waals surface area contributed by atoms with Crippen LogP contribution in [0.2, 0.25) is 0 Å². The number of aliphatic imine (C=N–C) groups is 1. The molecule has 2 aromatic carbocycles. The number of rotatable bonds is 11. The normalized spacial score (nSPS) is 11.0. The van der Waals surface area contributed by atoms with Gasteiger partial charge in [0.15, 0.2) is 5.96 Å². The van der Waals surface area contributed by atoms with E-state index in [0.717, 1.165) is 0 Å². The first-order valence-corrected chi connectivity index (χ1v) is 10.1. The molecule has 0 radical (unpaired) electrons. The number of aliphatic carboxylic acids is 3. The number of carbonyl (C=O) groups is 5. The van der Waals surface area contributed by atoms with Crippen LogP contribution in [0.3, 0.4) is 0 Å². The number of hydrogen-bond acceptors (Lipinski definition) is 8. The van der Waals surface area contributed by atoms with Gasteiger partial charge in [0.25, 0.3) is 0 Å². The number of hydrogen-bond donors (Lipinski definition) is 5. The van der Waals surface area contributed by atoms with Crippen molar-refractivity contribution in [3.05, 3.63) is 59.7 Å². The molecule has 1 amide bonds. The maximum Gasteiger partial charge on any atom is 0.411 e. The van der Waals surface area contributed by atoms with E-state index in [1.165, 1.54) is 48.5 Å². The summed E-state index contributed by atoms with van der Waals surface area (Å²) >= 11 is 0. The molecule has 14 heteroatoms. The lowest BCUT2D eigenvalue weighted by molar-refractivity contribution is -0.151. The average Bonchev–Trinajstić information content (AvgIpc) is 2.80. The highest BCUT2D eigenvalue weighted by atomic mass is 16.6. The third-order valence-corrected chi connectivity index (χ3v) is 4.43. The van der Waals surface area contributed by atoms with Gasteiger partial charge in [-0.1, -0.05) is 12.1 Å². The Morgan fingerprint density at radius 2 is 1.50 bits per heavy atom. The third kappa shape index (κ3) is 8.33. The van der Waals surface area contributed by atoms with E-state index < -0.39 is 55.6 Å². The summed E-state index contributed by atoms with van der Waals surface area (Å²) in [4.78, 5) is 62.1. The summed E-state index contributed by atoms with van der Waals surface area (Å²) < 4.78 is 10.2. The van der Waals surface area contributed by atoms with Crippen LogP contribution in [-0.4, -0.2) is 68.7 Å². The summed E-state index contributed by atoms with van der Waals surface area (Å²) in [5.74, 6) is -5.42. The summed E-state index contributed by atoms with van der Waals surface area (Å²) in [6.45, 7) is -1.47. The van der Waals surface area contributed by atoms with Gasteiger partial charge in [0.05, 0.1) is 17.7 Å². The molecule has 36 heavy (non-hydrogen) atoms. The van der Waals surface area contributed by atoms with Gasteiger partial charge in [-0.15, -0.1) is 0 Å². The molecule has 14 nitrogen and oxygen atoms in total. The molecular formula is C22H22N4O10. The van der Waals surface area contributed by atoms with Gasteiger partial charge in [0, 0.05) is 0 Å². The van der Waals surface area contributed by atoms with Crippen molar-refractivity contribution in [1.82, 2.24) is 4.90 Å². The molecule has 0 unspecified atom stereocenters. The first-order valence-electron chi connectivity index (χ1n) is 10.1. The number of guanidine groups is 1. The van der Waals surface area contributed by atoms with Gasteiger partial charge in [-0.25, -0.2) is 19.4 Å². The van der Waals surface area contributed by atoms with E-state index in [1.54, 1.807) is 0 Å². The van der Waals surface area contributed by atoms with Gasteiger partial charge in [0.2, 0.25) is 0 Å². The van der Waals surface area contributed by atoms with Gasteiger partial charge < -0.3 is 36.3 Å². The maximum absolute atomic E-state index is 12.3. The van der Waals surface area contributed by atoms with Crippen LogP contribution in [-0.2, 0) is 25.7 Å². The zero-order valence-electron chi connectivity index (χ0n) is 18.6. The van der Waals surface area contributed by atoms with Gasteiger partial charge in [0.1, 0.15) is 24.9 Å². The highest BCUT2D eigenvalue weighted by Gasteiger charge is 2.34. The molecule has 0 aliphatic heterocycles. The molecule has 7 N–H and O–H groups in total. The van der Waals surface area contributed by atoms with E-state index in [2.05, 4.69) is 4.99 Å². The summed E-state index contributed by atoms with van der Waals surface area (Å²) in [6, 6.07) is 9.76. The van der Waals surface area contributed by atoms with E-state index in [-0.39, 0.29) is 17.3 Å². The molecule has 0 saturated heterocycles. The third-order valence-electron chi connectivity index (χ3n) is 4.43. The van der Waals surface area contributed by atoms with Crippen molar-refractivity contribution in [3.8, 4) is 5.75 Å². The number of benzene rings is 2. The Kier molecular flexibility index (Phi) is 9.31. The van der Waals surface area contributed by atoms with E-state index in [0.29, 0.717) is 16.2 Å². The zero-order valence-corrected chi connectivity index (χ0v) is 18.6. The standard InChI is InChI=1S/C22H22N4O10/c23-21(24)25-14-5-3-13(4-6-14)20(33)36-15-7-1-12(2-8-15)11-35-22(34)26(10-18(29)30)16(19(31)32)9-17(27)28/h1-8,16H,9-11H2,(H,27,28)(H,29,30)(H,31,32)(H4,23,24,25)/t16-/m0/s1. The number of nitrogens with two attached hydrogens (primary N) is 2. The first-order chi connectivity index (χ1) is 17.0. The Morgan fingerprint density at radius 3 is 2.00 bits per heavy atom. The first kappa shape index (κ1) is 27.1. The maximum atomic E-state index is 12.3. The topological polar surface area (TPSA) is 232 Å². The molecule has 0 saturated carbocycles. The van der Waals surface area contributed by atoms with Crippen LogP contribution in [0.25, 0.3) is 0 Å². The van der Waals surface area contributed by atoms with Gasteiger partial charge >= 0.3 is 30.0 Å². The lowest BCUT2D eigenvalue weighted by atomic mass is 10.2. The molecule has 2 rings (SSSR count). The number of nitrogens with zero attached hydrogens (tertiary/aromatic N) is 2. The molecule has 0 spiro atoms. The van der Waals surface area contributed by atoms with Crippen LogP contribution < -0.4 is 16.2 Å². The molecule has 0 aliphatic rings. The largest absolute Gasteiger partial charge is 0.481 e. The summed E-state index contributed by atoms with van der Waals surface area (Å²) in [6.07, 6.45) is -2.35. The van der Waals surface area contributed by atoms with Crippen LogP contribution in [0.1, 0.15) is 22.3 Å². The fraction of sp³-hybridized carbons (Fsp3) is 0.182. The van der Waals surface area contributed by atoms with Crippen molar-refractivity contribution in [1.29, 1.82) is 0 Å². The number of carboxylic acid groups (broad SMARTS) is 3. The van der Waals surface area contributed by atoms with E-state index in [9.17, 15) is 29.1 Å². The molecule has 2 aromatic rings. The molecule has 1 atom stereocenters. The average molecular weight is 502 g/mol. The summed E-state index contributed by atoms with van der Waals surface area (Å²) in [5.41, 5.74) is 11.7. The molecule has 0 fully saturated rings. The van der Waals surface area contributed by atoms with E-state index in [1.807, 2.05) is 0 Å². The molecule has 190 valence electrons. The molecule has 0 aromatic heterocycles. The fourth-order valence-electron chi connectivity index (χ4n) is 2.81. The smallest absolute Gasteiger partial charge is 0.411 e. The van der Waals surface area contributed by atoms with Crippen LogP contribution >= 0.6 is 0 Å². The molecule has 0 aliphatic carbocycles. The molecule has 0 heterocycles. The van der Waals surface area contributed by atoms with Crippen LogP contribution in [0.15, 0.2) is 53.5 Å². The zero-order chi connectivity index (χ0) is 26.8. The second-order valence-electron chi connectivity index (χ2n) is 7.15. The Bertz CT molecular complexity index is 1160. The van der Waals surface area contributed by atoms with Crippen molar-refractivity contribution in [2.24, 2.45) is 16.5 Å². The number of carboxylic acids is 3. The summed E-state index contributed by atoms with van der Waals surface area (Å²) in [7, 11) is 0. The van der Waals surface area contributed by atoms with Crippen molar-refractivity contribution >= 4 is 41.6 Å². The Morgan fingerprint density at radius 1 is 0.889 bits per heavy atom. The van der Waals surface area contributed by atoms with E-state index in [4.69, 9.17) is 31.2 Å². The monoisotopic (exact) mass is 502 g/mol. The second-order valence-corrected chi connectivity index (χ2v) is 7.15. The fourth-order valence-corrected chi connectivity index (χ4v) is 2.81. The van der Waals surface area contributed by atoms with Crippen molar-refractivity contribution in [2.45, 2.75) is 19.1 Å². The van der Waals surface area contributed by atoms with Gasteiger partial charge in [-0.2, -0.15) is 0 Å². The number of esters is 1. The molecule has 0 bridgehead atoms. The number of amides is 1. The Balaban J connectivity index is 2.01. The predicted molar refractivity (Wildman–Crippen MR) is 122 cm³/mol. The van der Waals surface area contributed by atoms with Crippen LogP contribution in [0.5, 0.6) is 5.75 Å². The minimum absolute atomic E-state index is 0.132. The van der Waals surface area contributed by atoms with Gasteiger partial charge in [-0.3, -0.25) is 14.5 Å². The number of carbonyl (C=O) groups excluding carboxylic acids is 2. The quantitative estimate of drug-likeness (QED) is 0.124. The lowest BCUT2D eigenvalue weighted by Crippen LogP contribution is -2.48. The van der Waals surface area contributed by atoms with E-state index >= 15 is 0 Å². The summed E-state index contributed by atoms with van der Waals surface area (Å²) in [5, 5.41) is 27.0. The van der Waals surface area contributed by atoms with Crippen molar-refractivity contribution in [3.63, 3.8) is 0 Å². The van der Waals surface area contributed by atoms with Crippen LogP contribution in [0, 0.1) is 0 Å². The lowest BCUT2D eigenvalue weighted by Gasteiger charge is -2.25. The number of ether oxygens (including phenoxy) is 2.